The Morgan fingerprint density at radius 2 is 2.14 bits per heavy atom. The smallest absolute Gasteiger partial charge is 0.147 e. The summed E-state index contributed by atoms with van der Waals surface area (Å²) in [5.41, 5.74) is 1.20. The number of hydrogen-bond donors (Lipinski definition) is 1. The number of hydrogen-bond acceptors (Lipinski definition) is 4. The molecule has 5 heteroatoms. The molecule has 0 amide bonds. The molecule has 2 rings (SSSR count). The summed E-state index contributed by atoms with van der Waals surface area (Å²) < 4.78 is 7.29. The van der Waals surface area contributed by atoms with Crippen molar-refractivity contribution < 1.29 is 4.74 Å². The first-order chi connectivity index (χ1) is 10.1. The molecule has 21 heavy (non-hydrogen) atoms. The average molecular weight is 288 g/mol. The number of rotatable bonds is 7. The van der Waals surface area contributed by atoms with Gasteiger partial charge >= 0.3 is 0 Å². The van der Waals surface area contributed by atoms with Gasteiger partial charge in [-0.3, -0.25) is 0 Å². The van der Waals surface area contributed by atoms with Crippen molar-refractivity contribution in [1.29, 1.82) is 0 Å². The van der Waals surface area contributed by atoms with Crippen LogP contribution >= 0.6 is 0 Å². The normalized spacial score (nSPS) is 12.4. The van der Waals surface area contributed by atoms with Crippen LogP contribution in [0.2, 0.25) is 0 Å². The third-order valence-electron chi connectivity index (χ3n) is 3.45. The van der Waals surface area contributed by atoms with Gasteiger partial charge in [0.2, 0.25) is 0 Å². The van der Waals surface area contributed by atoms with Gasteiger partial charge in [0, 0.05) is 0 Å². The monoisotopic (exact) mass is 288 g/mol. The number of nitrogens with one attached hydrogen (secondary N) is 1. The zero-order valence-corrected chi connectivity index (χ0v) is 13.3. The van der Waals surface area contributed by atoms with Gasteiger partial charge < -0.3 is 10.1 Å². The number of benzene rings is 1. The van der Waals surface area contributed by atoms with Gasteiger partial charge in [-0.25, -0.2) is 9.67 Å². The van der Waals surface area contributed by atoms with E-state index in [0.29, 0.717) is 0 Å². The Morgan fingerprint density at radius 1 is 1.33 bits per heavy atom. The Bertz CT molecular complexity index is 579. The first kappa shape index (κ1) is 15.5. The molecule has 1 atom stereocenters. The highest BCUT2D eigenvalue weighted by Crippen LogP contribution is 2.21. The van der Waals surface area contributed by atoms with Gasteiger partial charge in [0.1, 0.15) is 17.4 Å². The molecule has 0 aliphatic rings. The van der Waals surface area contributed by atoms with Crippen LogP contribution < -0.4 is 10.1 Å². The highest BCUT2D eigenvalue weighted by atomic mass is 16.5. The van der Waals surface area contributed by atoms with Crippen molar-refractivity contribution in [3.8, 4) is 5.75 Å². The molecule has 1 unspecified atom stereocenters. The van der Waals surface area contributed by atoms with E-state index in [-0.39, 0.29) is 6.04 Å². The second kappa shape index (κ2) is 7.22. The summed E-state index contributed by atoms with van der Waals surface area (Å²) in [6.45, 7) is 7.81. The average Bonchev–Trinajstić information content (AvgIpc) is 2.81. The number of nitrogens with zero attached hydrogens (tertiary/aromatic N) is 3. The predicted molar refractivity (Wildman–Crippen MR) is 83.5 cm³/mol. The number of aryl methyl sites for hydroxylation is 2. The lowest BCUT2D eigenvalue weighted by Gasteiger charge is -2.20. The van der Waals surface area contributed by atoms with Crippen LogP contribution in [0, 0.1) is 13.8 Å². The quantitative estimate of drug-likeness (QED) is 0.851. The highest BCUT2D eigenvalue weighted by molar-refractivity contribution is 5.30. The molecule has 0 aliphatic carbocycles. The Morgan fingerprint density at radius 3 is 2.76 bits per heavy atom. The molecule has 1 aromatic heterocycles. The van der Waals surface area contributed by atoms with Crippen LogP contribution in [0.4, 0.5) is 0 Å². The van der Waals surface area contributed by atoms with E-state index >= 15 is 0 Å². The van der Waals surface area contributed by atoms with Gasteiger partial charge in [0.15, 0.2) is 0 Å². The zero-order chi connectivity index (χ0) is 15.2. The standard InChI is InChI=1S/C16H24N4O/c1-5-9-17-16(11-20-13(3)18-12(2)19-20)14-7-6-8-15(10-14)21-4/h6-8,10,16-17H,5,9,11H2,1-4H3. The van der Waals surface area contributed by atoms with E-state index in [1.807, 2.05) is 30.7 Å². The van der Waals surface area contributed by atoms with Gasteiger partial charge in [-0.2, -0.15) is 5.10 Å². The van der Waals surface area contributed by atoms with Crippen molar-refractivity contribution in [2.75, 3.05) is 13.7 Å². The maximum absolute atomic E-state index is 5.32. The van der Waals surface area contributed by atoms with Gasteiger partial charge in [0.25, 0.3) is 0 Å². The summed E-state index contributed by atoms with van der Waals surface area (Å²) in [4.78, 5) is 4.37. The molecule has 1 heterocycles. The van der Waals surface area contributed by atoms with E-state index in [1.54, 1.807) is 7.11 Å². The van der Waals surface area contributed by atoms with Crippen molar-refractivity contribution in [2.24, 2.45) is 0 Å². The van der Waals surface area contributed by atoms with Crippen LogP contribution in [0.15, 0.2) is 24.3 Å². The number of methoxy groups -OCH3 is 1. The largest absolute Gasteiger partial charge is 0.497 e. The summed E-state index contributed by atoms with van der Waals surface area (Å²) in [5, 5.41) is 8.04. The van der Waals surface area contributed by atoms with E-state index in [2.05, 4.69) is 34.5 Å². The minimum atomic E-state index is 0.194. The number of aromatic nitrogens is 3. The fourth-order valence-electron chi connectivity index (χ4n) is 2.37. The molecular weight excluding hydrogens is 264 g/mol. The van der Waals surface area contributed by atoms with Crippen LogP contribution in [0.3, 0.4) is 0 Å². The van der Waals surface area contributed by atoms with Gasteiger partial charge in [-0.15, -0.1) is 0 Å². The molecule has 0 spiro atoms. The van der Waals surface area contributed by atoms with Crippen LogP contribution in [0.25, 0.3) is 0 Å². The van der Waals surface area contributed by atoms with Crippen molar-refractivity contribution in [1.82, 2.24) is 20.1 Å². The van der Waals surface area contributed by atoms with Crippen LogP contribution in [0.1, 0.15) is 36.6 Å². The molecule has 114 valence electrons. The molecule has 0 radical (unpaired) electrons. The van der Waals surface area contributed by atoms with Crippen molar-refractivity contribution >= 4 is 0 Å². The molecule has 0 aliphatic heterocycles. The molecule has 1 aromatic carbocycles. The number of ether oxygens (including phenoxy) is 1. The summed E-state index contributed by atoms with van der Waals surface area (Å²) >= 11 is 0. The maximum Gasteiger partial charge on any atom is 0.147 e. The molecule has 0 saturated heterocycles. The predicted octanol–water partition coefficient (Wildman–Crippen LogP) is 2.64. The molecule has 2 aromatic rings. The third kappa shape index (κ3) is 4.04. The van der Waals surface area contributed by atoms with E-state index in [4.69, 9.17) is 4.74 Å². The second-order valence-corrected chi connectivity index (χ2v) is 5.17. The molecule has 0 bridgehead atoms. The van der Waals surface area contributed by atoms with Crippen LogP contribution in [-0.4, -0.2) is 28.4 Å². The van der Waals surface area contributed by atoms with Crippen LogP contribution in [0.5, 0.6) is 5.75 Å². The molecule has 5 nitrogen and oxygen atoms in total. The van der Waals surface area contributed by atoms with Crippen molar-refractivity contribution in [3.63, 3.8) is 0 Å². The fourth-order valence-corrected chi connectivity index (χ4v) is 2.37. The lowest BCUT2D eigenvalue weighted by atomic mass is 10.1. The lowest BCUT2D eigenvalue weighted by molar-refractivity contribution is 0.407. The van der Waals surface area contributed by atoms with E-state index in [0.717, 1.165) is 36.9 Å². The van der Waals surface area contributed by atoms with Crippen molar-refractivity contribution in [3.05, 3.63) is 41.5 Å². The lowest BCUT2D eigenvalue weighted by Crippen LogP contribution is -2.27. The van der Waals surface area contributed by atoms with Gasteiger partial charge in [-0.1, -0.05) is 19.1 Å². The highest BCUT2D eigenvalue weighted by Gasteiger charge is 2.14. The van der Waals surface area contributed by atoms with E-state index in [9.17, 15) is 0 Å². The SMILES string of the molecule is CCCNC(Cn1nc(C)nc1C)c1cccc(OC)c1. The van der Waals surface area contributed by atoms with Gasteiger partial charge in [-0.05, 0) is 44.5 Å². The maximum atomic E-state index is 5.32. The third-order valence-corrected chi connectivity index (χ3v) is 3.45. The molecule has 0 saturated carbocycles. The van der Waals surface area contributed by atoms with Crippen LogP contribution in [-0.2, 0) is 6.54 Å². The summed E-state index contributed by atoms with van der Waals surface area (Å²) in [6.07, 6.45) is 1.09. The Hall–Kier alpha value is -1.88. The van der Waals surface area contributed by atoms with Crippen molar-refractivity contribution in [2.45, 2.75) is 39.8 Å². The zero-order valence-electron chi connectivity index (χ0n) is 13.3. The topological polar surface area (TPSA) is 52.0 Å². The molecule has 0 fully saturated rings. The summed E-state index contributed by atoms with van der Waals surface area (Å²) in [7, 11) is 1.69. The Balaban J connectivity index is 2.22. The minimum absolute atomic E-state index is 0.194. The second-order valence-electron chi connectivity index (χ2n) is 5.17. The molecular formula is C16H24N4O. The minimum Gasteiger partial charge on any atom is -0.497 e. The summed E-state index contributed by atoms with van der Waals surface area (Å²) in [5.74, 6) is 2.63. The van der Waals surface area contributed by atoms with E-state index in [1.165, 1.54) is 5.56 Å². The Labute approximate surface area is 126 Å². The first-order valence-electron chi connectivity index (χ1n) is 7.39. The summed E-state index contributed by atoms with van der Waals surface area (Å²) in [6, 6.07) is 8.38. The Kier molecular flexibility index (Phi) is 5.33. The van der Waals surface area contributed by atoms with Gasteiger partial charge in [0.05, 0.1) is 19.7 Å². The fraction of sp³-hybridized carbons (Fsp3) is 0.500. The first-order valence-corrected chi connectivity index (χ1v) is 7.39. The molecule has 1 N–H and O–H groups in total. The van der Waals surface area contributed by atoms with E-state index < -0.39 is 0 Å².